The molecule has 94 valence electrons. The summed E-state index contributed by atoms with van der Waals surface area (Å²) in [6.07, 6.45) is 1.09. The number of hydrogen-bond donors (Lipinski definition) is 1. The van der Waals surface area contributed by atoms with Crippen molar-refractivity contribution >= 4 is 5.69 Å². The van der Waals surface area contributed by atoms with Gasteiger partial charge in [0.25, 0.3) is 0 Å². The third-order valence-corrected chi connectivity index (χ3v) is 3.04. The Kier molecular flexibility index (Phi) is 4.03. The first-order chi connectivity index (χ1) is 8.69. The van der Waals surface area contributed by atoms with Crippen molar-refractivity contribution in [3.8, 4) is 11.1 Å². The Labute approximate surface area is 110 Å². The van der Waals surface area contributed by atoms with Crippen LogP contribution in [0.2, 0.25) is 0 Å². The molecule has 0 bridgehead atoms. The number of rotatable bonds is 4. The van der Waals surface area contributed by atoms with Crippen LogP contribution in [0, 0.1) is 0 Å². The average Bonchev–Trinajstić information content (AvgIpc) is 2.39. The Morgan fingerprint density at radius 1 is 0.833 bits per heavy atom. The van der Waals surface area contributed by atoms with Crippen LogP contribution in [0.5, 0.6) is 0 Å². The molecule has 1 nitrogen and oxygen atoms in total. The second kappa shape index (κ2) is 5.72. The lowest BCUT2D eigenvalue weighted by Crippen LogP contribution is -2.09. The van der Waals surface area contributed by atoms with Crippen molar-refractivity contribution in [1.82, 2.24) is 0 Å². The summed E-state index contributed by atoms with van der Waals surface area (Å²) in [4.78, 5) is 0. The van der Waals surface area contributed by atoms with Crippen LogP contribution in [-0.2, 0) is 6.42 Å². The summed E-state index contributed by atoms with van der Waals surface area (Å²) >= 11 is 0. The van der Waals surface area contributed by atoms with Crippen LogP contribution in [0.1, 0.15) is 26.3 Å². The maximum atomic E-state index is 3.40. The minimum absolute atomic E-state index is 0.472. The molecule has 2 aromatic rings. The van der Waals surface area contributed by atoms with Gasteiger partial charge in [0, 0.05) is 11.7 Å². The Bertz CT molecular complexity index is 480. The van der Waals surface area contributed by atoms with Crippen molar-refractivity contribution in [1.29, 1.82) is 0 Å². The minimum atomic E-state index is 0.472. The molecule has 0 aliphatic carbocycles. The number of anilines is 1. The van der Waals surface area contributed by atoms with Crippen LogP contribution < -0.4 is 5.32 Å². The van der Waals surface area contributed by atoms with Gasteiger partial charge >= 0.3 is 0 Å². The molecule has 0 aliphatic heterocycles. The molecule has 0 atom stereocenters. The van der Waals surface area contributed by atoms with Crippen molar-refractivity contribution < 1.29 is 0 Å². The zero-order chi connectivity index (χ0) is 13.0. The van der Waals surface area contributed by atoms with Gasteiger partial charge in [-0.05, 0) is 49.1 Å². The third kappa shape index (κ3) is 3.13. The maximum absolute atomic E-state index is 3.40. The first kappa shape index (κ1) is 12.7. The van der Waals surface area contributed by atoms with Crippen LogP contribution in [0.3, 0.4) is 0 Å². The normalized spacial score (nSPS) is 10.7. The van der Waals surface area contributed by atoms with Crippen molar-refractivity contribution in [3.05, 3.63) is 54.1 Å². The van der Waals surface area contributed by atoms with Crippen molar-refractivity contribution in [2.75, 3.05) is 5.32 Å². The summed E-state index contributed by atoms with van der Waals surface area (Å²) in [6, 6.07) is 17.9. The van der Waals surface area contributed by atoms with E-state index in [0.717, 1.165) is 6.42 Å². The fourth-order valence-corrected chi connectivity index (χ4v) is 2.03. The van der Waals surface area contributed by atoms with Crippen LogP contribution in [0.25, 0.3) is 11.1 Å². The van der Waals surface area contributed by atoms with Crippen LogP contribution in [0.15, 0.2) is 48.5 Å². The highest BCUT2D eigenvalue weighted by molar-refractivity contribution is 5.66. The van der Waals surface area contributed by atoms with Gasteiger partial charge in [-0.15, -0.1) is 0 Å². The quantitative estimate of drug-likeness (QED) is 0.812. The standard InChI is InChI=1S/C17H21N/c1-4-14-5-7-15(8-6-14)16-9-11-17(12-10-16)18-13(2)3/h5-13,18H,4H2,1-3H3. The maximum Gasteiger partial charge on any atom is 0.0342 e. The van der Waals surface area contributed by atoms with Gasteiger partial charge in [0.05, 0.1) is 0 Å². The lowest BCUT2D eigenvalue weighted by Gasteiger charge is -2.10. The van der Waals surface area contributed by atoms with E-state index in [0.29, 0.717) is 6.04 Å². The van der Waals surface area contributed by atoms with Crippen LogP contribution in [0.4, 0.5) is 5.69 Å². The van der Waals surface area contributed by atoms with E-state index in [4.69, 9.17) is 0 Å². The molecule has 1 N–H and O–H groups in total. The molecular formula is C17H21N. The van der Waals surface area contributed by atoms with E-state index in [9.17, 15) is 0 Å². The second-order valence-corrected chi connectivity index (χ2v) is 4.93. The van der Waals surface area contributed by atoms with E-state index >= 15 is 0 Å². The summed E-state index contributed by atoms with van der Waals surface area (Å²) in [7, 11) is 0. The highest BCUT2D eigenvalue weighted by Crippen LogP contribution is 2.22. The molecule has 2 aromatic carbocycles. The summed E-state index contributed by atoms with van der Waals surface area (Å²) in [5, 5.41) is 3.40. The molecule has 0 radical (unpaired) electrons. The van der Waals surface area contributed by atoms with E-state index in [1.54, 1.807) is 0 Å². The molecule has 0 aliphatic rings. The van der Waals surface area contributed by atoms with Gasteiger partial charge in [-0.2, -0.15) is 0 Å². The van der Waals surface area contributed by atoms with E-state index in [2.05, 4.69) is 74.6 Å². The fourth-order valence-electron chi connectivity index (χ4n) is 2.03. The number of benzene rings is 2. The zero-order valence-electron chi connectivity index (χ0n) is 11.4. The topological polar surface area (TPSA) is 12.0 Å². The zero-order valence-corrected chi connectivity index (χ0v) is 11.4. The van der Waals surface area contributed by atoms with Gasteiger partial charge in [0.15, 0.2) is 0 Å². The first-order valence-electron chi connectivity index (χ1n) is 6.65. The van der Waals surface area contributed by atoms with E-state index < -0.39 is 0 Å². The SMILES string of the molecule is CCc1ccc(-c2ccc(NC(C)C)cc2)cc1. The molecule has 0 spiro atoms. The van der Waals surface area contributed by atoms with Crippen LogP contribution >= 0.6 is 0 Å². The number of hydrogen-bond acceptors (Lipinski definition) is 1. The minimum Gasteiger partial charge on any atom is -0.383 e. The Morgan fingerprint density at radius 2 is 1.33 bits per heavy atom. The monoisotopic (exact) mass is 239 g/mol. The molecule has 0 fully saturated rings. The lowest BCUT2D eigenvalue weighted by molar-refractivity contribution is 0.900. The van der Waals surface area contributed by atoms with Gasteiger partial charge in [0.2, 0.25) is 0 Å². The lowest BCUT2D eigenvalue weighted by atomic mass is 10.0. The number of nitrogens with one attached hydrogen (secondary N) is 1. The van der Waals surface area contributed by atoms with Gasteiger partial charge in [-0.25, -0.2) is 0 Å². The van der Waals surface area contributed by atoms with E-state index in [-0.39, 0.29) is 0 Å². The summed E-state index contributed by atoms with van der Waals surface area (Å²) < 4.78 is 0. The highest BCUT2D eigenvalue weighted by atomic mass is 14.9. The first-order valence-corrected chi connectivity index (χ1v) is 6.65. The number of aryl methyl sites for hydroxylation is 1. The van der Waals surface area contributed by atoms with E-state index in [1.165, 1.54) is 22.4 Å². The molecule has 0 unspecified atom stereocenters. The van der Waals surface area contributed by atoms with Gasteiger partial charge < -0.3 is 5.32 Å². The molecule has 1 heteroatoms. The Hall–Kier alpha value is -1.76. The van der Waals surface area contributed by atoms with Gasteiger partial charge in [-0.1, -0.05) is 43.3 Å². The molecule has 2 rings (SSSR count). The average molecular weight is 239 g/mol. The van der Waals surface area contributed by atoms with Crippen molar-refractivity contribution in [2.45, 2.75) is 33.2 Å². The molecule has 0 aromatic heterocycles. The van der Waals surface area contributed by atoms with Gasteiger partial charge in [0.1, 0.15) is 0 Å². The van der Waals surface area contributed by atoms with Crippen LogP contribution in [-0.4, -0.2) is 6.04 Å². The summed E-state index contributed by atoms with van der Waals surface area (Å²) in [5.74, 6) is 0. The predicted octanol–water partition coefficient (Wildman–Crippen LogP) is 4.74. The Morgan fingerprint density at radius 3 is 1.78 bits per heavy atom. The molecular weight excluding hydrogens is 218 g/mol. The van der Waals surface area contributed by atoms with Gasteiger partial charge in [-0.3, -0.25) is 0 Å². The third-order valence-electron chi connectivity index (χ3n) is 3.04. The molecule has 0 amide bonds. The largest absolute Gasteiger partial charge is 0.383 e. The summed E-state index contributed by atoms with van der Waals surface area (Å²) in [5.41, 5.74) is 5.12. The predicted molar refractivity (Wildman–Crippen MR) is 80.0 cm³/mol. The molecule has 18 heavy (non-hydrogen) atoms. The highest BCUT2D eigenvalue weighted by Gasteiger charge is 1.99. The molecule has 0 saturated heterocycles. The molecule has 0 heterocycles. The van der Waals surface area contributed by atoms with Crippen molar-refractivity contribution in [3.63, 3.8) is 0 Å². The van der Waals surface area contributed by atoms with Crippen molar-refractivity contribution in [2.24, 2.45) is 0 Å². The fraction of sp³-hybridized carbons (Fsp3) is 0.294. The Balaban J connectivity index is 2.17. The second-order valence-electron chi connectivity index (χ2n) is 4.93. The smallest absolute Gasteiger partial charge is 0.0342 e. The molecule has 0 saturated carbocycles. The summed E-state index contributed by atoms with van der Waals surface area (Å²) in [6.45, 7) is 6.48. The van der Waals surface area contributed by atoms with E-state index in [1.807, 2.05) is 0 Å².